The van der Waals surface area contributed by atoms with Crippen molar-refractivity contribution in [2.45, 2.75) is 56.4 Å². The van der Waals surface area contributed by atoms with E-state index in [9.17, 15) is 22.8 Å². The smallest absolute Gasteiger partial charge is 0.314 e. The maximum atomic E-state index is 12.7. The topological polar surface area (TPSA) is 129 Å². The molecule has 27 heavy (non-hydrogen) atoms. The van der Waals surface area contributed by atoms with Crippen molar-refractivity contribution in [2.75, 3.05) is 5.75 Å². The molecule has 1 aromatic heterocycles. The minimum atomic E-state index is -3.72. The first-order valence-corrected chi connectivity index (χ1v) is 10.7. The third-order valence-corrected chi connectivity index (χ3v) is 6.77. The summed E-state index contributed by atoms with van der Waals surface area (Å²) in [5, 5.41) is 2.91. The summed E-state index contributed by atoms with van der Waals surface area (Å²) in [6.45, 7) is 1.61. The molecule has 9 heteroatoms. The van der Waals surface area contributed by atoms with Gasteiger partial charge in [-0.3, -0.25) is 14.4 Å². The number of hydrogen-bond donors (Lipinski definition) is 3. The summed E-state index contributed by atoms with van der Waals surface area (Å²) in [6.07, 6.45) is 5.11. The second-order valence-corrected chi connectivity index (χ2v) is 9.12. The highest BCUT2D eigenvalue weighted by atomic mass is 32.2. The first-order valence-electron chi connectivity index (χ1n) is 9.05. The molecule has 0 aliphatic heterocycles. The van der Waals surface area contributed by atoms with Crippen LogP contribution < -0.4 is 16.4 Å². The molecule has 0 radical (unpaired) electrons. The predicted octanol–water partition coefficient (Wildman–Crippen LogP) is 1.14. The molecule has 1 aliphatic rings. The Kier molecular flexibility index (Phi) is 5.50. The minimum absolute atomic E-state index is 0.0446. The van der Waals surface area contributed by atoms with Crippen LogP contribution >= 0.6 is 0 Å². The fourth-order valence-electron chi connectivity index (χ4n) is 3.47. The summed E-state index contributed by atoms with van der Waals surface area (Å²) >= 11 is 0. The quantitative estimate of drug-likeness (QED) is 0.656. The van der Waals surface area contributed by atoms with Crippen LogP contribution in [-0.2, 0) is 14.6 Å². The Morgan fingerprint density at radius 1 is 1.07 bits per heavy atom. The van der Waals surface area contributed by atoms with E-state index in [2.05, 4.69) is 15.3 Å². The van der Waals surface area contributed by atoms with Crippen molar-refractivity contribution in [2.24, 2.45) is 0 Å². The van der Waals surface area contributed by atoms with E-state index in [0.717, 1.165) is 25.7 Å². The lowest BCUT2D eigenvalue weighted by Crippen LogP contribution is -2.36. The van der Waals surface area contributed by atoms with Gasteiger partial charge in [-0.25, -0.2) is 8.42 Å². The molecule has 1 saturated carbocycles. The number of aromatic amines is 2. The van der Waals surface area contributed by atoms with Gasteiger partial charge in [0.15, 0.2) is 9.84 Å². The summed E-state index contributed by atoms with van der Waals surface area (Å²) in [7, 11) is -3.72. The molecule has 0 saturated heterocycles. The molecule has 0 spiro atoms. The molecule has 1 aromatic carbocycles. The molecule has 0 atom stereocenters. The second kappa shape index (κ2) is 7.67. The zero-order valence-electron chi connectivity index (χ0n) is 15.1. The number of benzene rings is 1. The van der Waals surface area contributed by atoms with Gasteiger partial charge < -0.3 is 15.3 Å². The van der Waals surface area contributed by atoms with Crippen molar-refractivity contribution in [3.63, 3.8) is 0 Å². The van der Waals surface area contributed by atoms with Crippen molar-refractivity contribution >= 4 is 26.8 Å². The van der Waals surface area contributed by atoms with Crippen LogP contribution in [0.15, 0.2) is 26.6 Å². The number of fused-ring (bicyclic) bond motifs is 1. The SMILES string of the molecule is Cc1cc2[nH]c(=O)c(=O)[nH]c2cc1S(=O)(=O)CCC(=O)NC1CCCCC1. The Labute approximate surface area is 156 Å². The summed E-state index contributed by atoms with van der Waals surface area (Å²) in [5.41, 5.74) is -0.613. The van der Waals surface area contributed by atoms with Gasteiger partial charge in [0.2, 0.25) is 5.91 Å². The molecule has 8 nitrogen and oxygen atoms in total. The maximum Gasteiger partial charge on any atom is 0.314 e. The lowest BCUT2D eigenvalue weighted by molar-refractivity contribution is -0.121. The van der Waals surface area contributed by atoms with Gasteiger partial charge in [0.05, 0.1) is 21.7 Å². The van der Waals surface area contributed by atoms with Crippen LogP contribution in [-0.4, -0.2) is 36.1 Å². The number of aromatic nitrogens is 2. The first kappa shape index (κ1) is 19.3. The normalized spacial score (nSPS) is 15.7. The van der Waals surface area contributed by atoms with Gasteiger partial charge in [-0.2, -0.15) is 0 Å². The lowest BCUT2D eigenvalue weighted by atomic mass is 9.95. The zero-order valence-corrected chi connectivity index (χ0v) is 15.9. The highest BCUT2D eigenvalue weighted by molar-refractivity contribution is 7.91. The number of carbonyl (C=O) groups excluding carboxylic acids is 1. The Hall–Kier alpha value is -2.42. The molecule has 1 fully saturated rings. The summed E-state index contributed by atoms with van der Waals surface area (Å²) in [6, 6.07) is 2.97. The van der Waals surface area contributed by atoms with Gasteiger partial charge in [0.25, 0.3) is 0 Å². The highest BCUT2D eigenvalue weighted by Crippen LogP contribution is 2.22. The van der Waals surface area contributed by atoms with E-state index in [1.165, 1.54) is 18.6 Å². The Balaban J connectivity index is 1.76. The van der Waals surface area contributed by atoms with Crippen molar-refractivity contribution in [1.29, 1.82) is 0 Å². The molecule has 146 valence electrons. The summed E-state index contributed by atoms with van der Waals surface area (Å²) in [5.74, 6) is -0.576. The van der Waals surface area contributed by atoms with Gasteiger partial charge in [0.1, 0.15) is 0 Å². The summed E-state index contributed by atoms with van der Waals surface area (Å²) in [4.78, 5) is 39.8. The van der Waals surface area contributed by atoms with Gasteiger partial charge >= 0.3 is 11.1 Å². The van der Waals surface area contributed by atoms with E-state index >= 15 is 0 Å². The number of amides is 1. The van der Waals surface area contributed by atoms with Crippen molar-refractivity contribution < 1.29 is 13.2 Å². The molecule has 0 bridgehead atoms. The number of rotatable bonds is 5. The molecular formula is C18H23N3O5S. The predicted molar refractivity (Wildman–Crippen MR) is 102 cm³/mol. The average molecular weight is 393 g/mol. The van der Waals surface area contributed by atoms with Crippen LogP contribution in [0, 0.1) is 6.92 Å². The zero-order chi connectivity index (χ0) is 19.6. The van der Waals surface area contributed by atoms with E-state index in [1.807, 2.05) is 0 Å². The lowest BCUT2D eigenvalue weighted by Gasteiger charge is -2.22. The van der Waals surface area contributed by atoms with Crippen LogP contribution in [0.5, 0.6) is 0 Å². The van der Waals surface area contributed by atoms with Crippen LogP contribution in [0.4, 0.5) is 0 Å². The molecule has 2 aromatic rings. The number of aryl methyl sites for hydroxylation is 1. The van der Waals surface area contributed by atoms with Gasteiger partial charge in [0, 0.05) is 12.5 Å². The Morgan fingerprint density at radius 2 is 1.67 bits per heavy atom. The molecule has 1 amide bonds. The molecular weight excluding hydrogens is 370 g/mol. The molecule has 3 N–H and O–H groups in total. The van der Waals surface area contributed by atoms with Crippen LogP contribution in [0.25, 0.3) is 11.0 Å². The highest BCUT2D eigenvalue weighted by Gasteiger charge is 2.21. The van der Waals surface area contributed by atoms with E-state index in [-0.39, 0.29) is 34.5 Å². The van der Waals surface area contributed by atoms with E-state index in [1.54, 1.807) is 6.92 Å². The van der Waals surface area contributed by atoms with Crippen LogP contribution in [0.3, 0.4) is 0 Å². The third-order valence-electron chi connectivity index (χ3n) is 4.92. The number of H-pyrrole nitrogens is 2. The van der Waals surface area contributed by atoms with Crippen molar-refractivity contribution in [1.82, 2.24) is 15.3 Å². The Morgan fingerprint density at radius 3 is 2.30 bits per heavy atom. The molecule has 0 unspecified atom stereocenters. The van der Waals surface area contributed by atoms with Crippen LogP contribution in [0.1, 0.15) is 44.1 Å². The largest absolute Gasteiger partial charge is 0.353 e. The number of hydrogen-bond acceptors (Lipinski definition) is 5. The number of carbonyl (C=O) groups is 1. The van der Waals surface area contributed by atoms with Gasteiger partial charge in [-0.15, -0.1) is 0 Å². The molecule has 1 heterocycles. The standard InChI is InChI=1S/C18H23N3O5S/c1-11-9-13-14(21-18(24)17(23)20-13)10-15(11)27(25,26)8-7-16(22)19-12-5-3-2-4-6-12/h9-10,12H,2-8H2,1H3,(H,19,22)(H,20,23)(H,21,24). The van der Waals surface area contributed by atoms with E-state index in [4.69, 9.17) is 0 Å². The van der Waals surface area contributed by atoms with Crippen LogP contribution in [0.2, 0.25) is 0 Å². The van der Waals surface area contributed by atoms with Crippen molar-refractivity contribution in [3.8, 4) is 0 Å². The van der Waals surface area contributed by atoms with Gasteiger partial charge in [-0.1, -0.05) is 19.3 Å². The fourth-order valence-corrected chi connectivity index (χ4v) is 4.99. The first-order chi connectivity index (χ1) is 12.8. The Bertz CT molecular complexity index is 1080. The average Bonchev–Trinajstić information content (AvgIpc) is 2.62. The monoisotopic (exact) mass is 393 g/mol. The fraction of sp³-hybridized carbons (Fsp3) is 0.500. The minimum Gasteiger partial charge on any atom is -0.353 e. The number of sulfone groups is 1. The van der Waals surface area contributed by atoms with Gasteiger partial charge in [-0.05, 0) is 37.5 Å². The second-order valence-electron chi connectivity index (χ2n) is 7.04. The number of nitrogens with one attached hydrogen (secondary N) is 3. The van der Waals surface area contributed by atoms with E-state index < -0.39 is 21.0 Å². The third kappa shape index (κ3) is 4.47. The van der Waals surface area contributed by atoms with Crippen molar-refractivity contribution in [3.05, 3.63) is 38.4 Å². The summed E-state index contributed by atoms with van der Waals surface area (Å²) < 4.78 is 25.4. The maximum absolute atomic E-state index is 12.7. The molecule has 1 aliphatic carbocycles. The van der Waals surface area contributed by atoms with E-state index in [0.29, 0.717) is 11.1 Å². The molecule has 3 rings (SSSR count).